The number of anilines is 1. The maximum absolute atomic E-state index is 12.1. The van der Waals surface area contributed by atoms with Crippen molar-refractivity contribution in [2.24, 2.45) is 0 Å². The Morgan fingerprint density at radius 1 is 1.40 bits per heavy atom. The lowest BCUT2D eigenvalue weighted by Gasteiger charge is -2.06. The number of hydrogen-bond donors (Lipinski definition) is 1. The van der Waals surface area contributed by atoms with Crippen molar-refractivity contribution in [3.63, 3.8) is 0 Å². The molecule has 0 atom stereocenters. The summed E-state index contributed by atoms with van der Waals surface area (Å²) in [6.45, 7) is 0. The van der Waals surface area contributed by atoms with Gasteiger partial charge < -0.3 is 15.4 Å². The Labute approximate surface area is 136 Å². The number of nitro groups is 1. The highest BCUT2D eigenvalue weighted by molar-refractivity contribution is 14.1. The number of carbonyl (C=O) groups excluding carboxylic acids is 1. The molecule has 2 rings (SSSR count). The molecule has 20 heavy (non-hydrogen) atoms. The normalized spacial score (nSPS) is 10.1. The average molecular weight is 448 g/mol. The first-order valence-corrected chi connectivity index (χ1v) is 7.21. The van der Waals surface area contributed by atoms with Crippen LogP contribution in [0.15, 0.2) is 41.0 Å². The molecule has 0 bridgehead atoms. The van der Waals surface area contributed by atoms with E-state index in [1.807, 2.05) is 6.07 Å². The van der Waals surface area contributed by atoms with Crippen molar-refractivity contribution in [1.29, 1.82) is 0 Å². The second-order valence-electron chi connectivity index (χ2n) is 3.75. The molecule has 8 heteroatoms. The van der Waals surface area contributed by atoms with Crippen LogP contribution in [-0.4, -0.2) is 15.8 Å². The number of halogens is 2. The van der Waals surface area contributed by atoms with E-state index in [0.717, 1.165) is 3.57 Å². The molecule has 102 valence electrons. The summed E-state index contributed by atoms with van der Waals surface area (Å²) in [4.78, 5) is 26.0. The fourth-order valence-corrected chi connectivity index (χ4v) is 2.37. The van der Waals surface area contributed by atoms with Gasteiger partial charge in [-0.15, -0.1) is 0 Å². The highest BCUT2D eigenvalue weighted by atomic mass is 127. The molecule has 0 saturated heterocycles. The second-order valence-corrected chi connectivity index (χ2v) is 5.91. The van der Waals surface area contributed by atoms with Gasteiger partial charge in [0.15, 0.2) is 6.20 Å². The molecule has 0 radical (unpaired) electrons. The zero-order chi connectivity index (χ0) is 14.7. The van der Waals surface area contributed by atoms with Gasteiger partial charge in [0.05, 0.1) is 4.47 Å². The molecule has 0 fully saturated rings. The first kappa shape index (κ1) is 14.9. The maximum atomic E-state index is 12.1. The van der Waals surface area contributed by atoms with Crippen LogP contribution in [0.2, 0.25) is 0 Å². The Bertz CT molecular complexity index is 693. The van der Waals surface area contributed by atoms with Crippen LogP contribution < -0.4 is 5.32 Å². The van der Waals surface area contributed by atoms with E-state index in [1.54, 1.807) is 18.2 Å². The molecule has 0 aliphatic carbocycles. The van der Waals surface area contributed by atoms with Gasteiger partial charge in [0.25, 0.3) is 5.91 Å². The van der Waals surface area contributed by atoms with Gasteiger partial charge in [0, 0.05) is 9.13 Å². The van der Waals surface area contributed by atoms with Gasteiger partial charge in [0.2, 0.25) is 0 Å². The molecule has 6 nitrogen and oxygen atoms in total. The summed E-state index contributed by atoms with van der Waals surface area (Å²) in [5, 5.41) is 13.4. The van der Waals surface area contributed by atoms with Crippen molar-refractivity contribution in [1.82, 2.24) is 4.98 Å². The van der Waals surface area contributed by atoms with Gasteiger partial charge in [-0.2, -0.15) is 0 Å². The van der Waals surface area contributed by atoms with Crippen LogP contribution in [0.25, 0.3) is 0 Å². The number of carbonyl (C=O) groups is 1. The molecule has 1 aromatic carbocycles. The van der Waals surface area contributed by atoms with Gasteiger partial charge in [-0.25, -0.2) is 0 Å². The lowest BCUT2D eigenvalue weighted by atomic mass is 10.2. The molecule has 0 saturated carbocycles. The number of nitrogens with one attached hydrogen (secondary N) is 1. The fraction of sp³-hybridized carbons (Fsp3) is 0. The summed E-state index contributed by atoms with van der Waals surface area (Å²) in [6, 6.07) is 8.35. The van der Waals surface area contributed by atoms with Crippen molar-refractivity contribution in [2.75, 3.05) is 5.32 Å². The van der Waals surface area contributed by atoms with Crippen LogP contribution in [0.4, 0.5) is 11.5 Å². The number of nitrogens with zero attached hydrogens (tertiary/aromatic N) is 2. The summed E-state index contributed by atoms with van der Waals surface area (Å²) in [5.74, 6) is -0.821. The maximum Gasteiger partial charge on any atom is 0.387 e. The molecule has 0 aliphatic rings. The van der Waals surface area contributed by atoms with E-state index in [9.17, 15) is 14.9 Å². The van der Waals surface area contributed by atoms with Gasteiger partial charge in [-0.1, -0.05) is 6.07 Å². The first-order valence-electron chi connectivity index (χ1n) is 5.34. The number of amides is 1. The van der Waals surface area contributed by atoms with E-state index in [1.165, 1.54) is 12.3 Å². The zero-order valence-corrected chi connectivity index (χ0v) is 13.6. The fourth-order valence-electron chi connectivity index (χ4n) is 1.49. The predicted octanol–water partition coefficient (Wildman–Crippen LogP) is 3.61. The third kappa shape index (κ3) is 3.51. The van der Waals surface area contributed by atoms with Crippen molar-refractivity contribution in [3.05, 3.63) is 60.2 Å². The molecular formula is C12H7BrIN3O3. The summed E-state index contributed by atoms with van der Waals surface area (Å²) in [5.41, 5.74) is 0.472. The quantitative estimate of drug-likeness (QED) is 0.442. The summed E-state index contributed by atoms with van der Waals surface area (Å²) in [7, 11) is 0. The van der Waals surface area contributed by atoms with Crippen LogP contribution in [0.5, 0.6) is 0 Å². The van der Waals surface area contributed by atoms with Gasteiger partial charge >= 0.3 is 5.82 Å². The molecule has 1 heterocycles. The molecule has 1 aromatic heterocycles. The Balaban J connectivity index is 2.32. The predicted molar refractivity (Wildman–Crippen MR) is 85.7 cm³/mol. The summed E-state index contributed by atoms with van der Waals surface area (Å²) in [6.07, 6.45) is 1.30. The third-order valence-corrected chi connectivity index (χ3v) is 3.45. The van der Waals surface area contributed by atoms with Crippen molar-refractivity contribution < 1.29 is 9.72 Å². The van der Waals surface area contributed by atoms with E-state index in [2.05, 4.69) is 48.8 Å². The Hall–Kier alpha value is -1.55. The van der Waals surface area contributed by atoms with Crippen LogP contribution in [0.1, 0.15) is 10.4 Å². The smallest absolute Gasteiger partial charge is 0.358 e. The minimum atomic E-state index is -0.642. The van der Waals surface area contributed by atoms with Crippen molar-refractivity contribution >= 4 is 55.9 Å². The second kappa shape index (κ2) is 6.27. The lowest BCUT2D eigenvalue weighted by molar-refractivity contribution is -0.388. The third-order valence-electron chi connectivity index (χ3n) is 2.34. The van der Waals surface area contributed by atoms with Crippen molar-refractivity contribution in [3.8, 4) is 0 Å². The number of hydrogen-bond acceptors (Lipinski definition) is 4. The minimum absolute atomic E-state index is 0.0493. The van der Waals surface area contributed by atoms with Crippen LogP contribution in [0.3, 0.4) is 0 Å². The molecule has 1 amide bonds. The Kier molecular flexibility index (Phi) is 4.65. The van der Waals surface area contributed by atoms with Crippen molar-refractivity contribution in [2.45, 2.75) is 0 Å². The molecule has 0 unspecified atom stereocenters. The topological polar surface area (TPSA) is 85.1 Å². The highest BCUT2D eigenvalue weighted by Gasteiger charge is 2.18. The van der Waals surface area contributed by atoms with Crippen LogP contribution >= 0.6 is 38.5 Å². The largest absolute Gasteiger partial charge is 0.387 e. The zero-order valence-electron chi connectivity index (χ0n) is 9.84. The van der Waals surface area contributed by atoms with E-state index in [-0.39, 0.29) is 5.69 Å². The van der Waals surface area contributed by atoms with Gasteiger partial charge in [-0.05, 0) is 72.7 Å². The number of aromatic nitrogens is 1. The highest BCUT2D eigenvalue weighted by Crippen LogP contribution is 2.25. The van der Waals surface area contributed by atoms with E-state index in [0.29, 0.717) is 10.0 Å². The van der Waals surface area contributed by atoms with Crippen LogP contribution in [0, 0.1) is 13.7 Å². The molecule has 0 spiro atoms. The van der Waals surface area contributed by atoms with Gasteiger partial charge in [-0.3, -0.25) is 4.79 Å². The molecular weight excluding hydrogens is 441 g/mol. The average Bonchev–Trinajstić information content (AvgIpc) is 2.38. The number of benzene rings is 1. The molecule has 1 N–H and O–H groups in total. The monoisotopic (exact) mass is 447 g/mol. The lowest BCUT2D eigenvalue weighted by Crippen LogP contribution is -2.13. The Morgan fingerprint density at radius 2 is 2.15 bits per heavy atom. The SMILES string of the molecule is O=C(Nc1cc(Br)cnc1[N+](=O)[O-])c1cccc(I)c1. The minimum Gasteiger partial charge on any atom is -0.358 e. The van der Waals surface area contributed by atoms with E-state index in [4.69, 9.17) is 0 Å². The molecule has 2 aromatic rings. The van der Waals surface area contributed by atoms with E-state index >= 15 is 0 Å². The summed E-state index contributed by atoms with van der Waals surface area (Å²) < 4.78 is 1.44. The standard InChI is InChI=1S/C12H7BrIN3O3/c13-8-5-10(11(15-6-8)17(19)20)16-12(18)7-2-1-3-9(14)4-7/h1-6H,(H,16,18). The summed E-state index contributed by atoms with van der Waals surface area (Å²) >= 11 is 5.25. The van der Waals surface area contributed by atoms with E-state index < -0.39 is 16.6 Å². The molecule has 0 aliphatic heterocycles. The first-order chi connectivity index (χ1) is 9.47. The van der Waals surface area contributed by atoms with Gasteiger partial charge in [0.1, 0.15) is 5.69 Å². The number of pyridine rings is 1. The Morgan fingerprint density at radius 3 is 2.80 bits per heavy atom. The number of rotatable bonds is 3. The van der Waals surface area contributed by atoms with Crippen LogP contribution in [-0.2, 0) is 0 Å².